The van der Waals surface area contributed by atoms with Crippen LogP contribution in [0.3, 0.4) is 0 Å². The molecule has 1 aliphatic heterocycles. The molecule has 0 bridgehead atoms. The number of ether oxygens (including phenoxy) is 1. The van der Waals surface area contributed by atoms with Crippen molar-refractivity contribution in [2.45, 2.75) is 24.9 Å². The van der Waals surface area contributed by atoms with Crippen molar-refractivity contribution >= 4 is 16.7 Å². The molecule has 1 N–H and O–H groups in total. The summed E-state index contributed by atoms with van der Waals surface area (Å²) >= 11 is 0. The number of rotatable bonds is 9. The summed E-state index contributed by atoms with van der Waals surface area (Å²) in [6.45, 7) is 2.29. The smallest absolute Gasteiger partial charge is 0.147 e. The Morgan fingerprint density at radius 3 is 2.50 bits per heavy atom. The van der Waals surface area contributed by atoms with Crippen LogP contribution in [0.1, 0.15) is 29.9 Å². The quantitative estimate of drug-likeness (QED) is 0.380. The molecule has 0 saturated carbocycles. The van der Waals surface area contributed by atoms with Crippen LogP contribution in [-0.2, 0) is 4.79 Å². The van der Waals surface area contributed by atoms with Crippen LogP contribution in [0.25, 0.3) is 10.9 Å². The number of likely N-dealkylation sites (tertiary alicyclic amines) is 1. The topological polar surface area (TPSA) is 75.6 Å². The van der Waals surface area contributed by atoms with Gasteiger partial charge in [-0.3, -0.25) is 14.8 Å². The van der Waals surface area contributed by atoms with E-state index in [-0.39, 0.29) is 24.2 Å². The summed E-state index contributed by atoms with van der Waals surface area (Å²) < 4.78 is 5.93. The van der Waals surface area contributed by atoms with Crippen LogP contribution >= 0.6 is 0 Å². The average molecular weight is 482 g/mol. The molecule has 1 saturated heterocycles. The Balaban J connectivity index is 1.16. The van der Waals surface area contributed by atoms with Gasteiger partial charge in [0.25, 0.3) is 0 Å². The minimum Gasteiger partial charge on any atom is -0.490 e. The Morgan fingerprint density at radius 2 is 1.72 bits per heavy atom. The van der Waals surface area contributed by atoms with E-state index in [1.54, 1.807) is 18.6 Å². The highest BCUT2D eigenvalue weighted by molar-refractivity contribution is 5.91. The number of β-amino-alcohol motifs (C(OH)–C–C–N with tert-alkyl or cyclic N) is 1. The number of piperidine rings is 1. The van der Waals surface area contributed by atoms with Crippen LogP contribution in [0, 0.1) is 5.92 Å². The predicted molar refractivity (Wildman–Crippen MR) is 140 cm³/mol. The number of aromatic nitrogens is 2. The molecule has 3 heterocycles. The van der Waals surface area contributed by atoms with Crippen molar-refractivity contribution in [3.8, 4) is 5.75 Å². The van der Waals surface area contributed by atoms with Gasteiger partial charge in [-0.15, -0.1) is 0 Å². The number of aliphatic hydroxyl groups is 1. The number of carbonyl (C=O) groups is 1. The zero-order valence-corrected chi connectivity index (χ0v) is 20.2. The summed E-state index contributed by atoms with van der Waals surface area (Å²) in [4.78, 5) is 24.5. The highest BCUT2D eigenvalue weighted by Crippen LogP contribution is 2.32. The number of aliphatic hydroxyl groups excluding tert-OH is 1. The number of nitrogens with zero attached hydrogens (tertiary/aromatic N) is 3. The van der Waals surface area contributed by atoms with Crippen molar-refractivity contribution < 1.29 is 14.6 Å². The van der Waals surface area contributed by atoms with Crippen LogP contribution in [0.5, 0.6) is 5.75 Å². The van der Waals surface area contributed by atoms with Gasteiger partial charge in [0.05, 0.1) is 11.4 Å². The van der Waals surface area contributed by atoms with E-state index in [0.717, 1.165) is 53.7 Å². The summed E-state index contributed by atoms with van der Waals surface area (Å²) in [5.74, 6) is 0.669. The fraction of sp³-hybridized carbons (Fsp3) is 0.300. The summed E-state index contributed by atoms with van der Waals surface area (Å²) in [6, 6.07) is 23.5. The Morgan fingerprint density at radius 1 is 0.944 bits per heavy atom. The molecule has 6 nitrogen and oxygen atoms in total. The van der Waals surface area contributed by atoms with E-state index in [1.807, 2.05) is 72.8 Å². The minimum absolute atomic E-state index is 0.0109. The molecule has 2 atom stereocenters. The number of hydrogen-bond acceptors (Lipinski definition) is 6. The fourth-order valence-corrected chi connectivity index (χ4v) is 5.09. The van der Waals surface area contributed by atoms with E-state index < -0.39 is 6.10 Å². The molecular formula is C30H31N3O3. The normalized spacial score (nSPS) is 16.5. The van der Waals surface area contributed by atoms with Crippen molar-refractivity contribution in [1.82, 2.24) is 14.9 Å². The predicted octanol–water partition coefficient (Wildman–Crippen LogP) is 4.48. The molecule has 1 aliphatic rings. The van der Waals surface area contributed by atoms with Gasteiger partial charge in [-0.25, -0.2) is 0 Å². The van der Waals surface area contributed by atoms with E-state index >= 15 is 0 Å². The number of hydrogen-bond donors (Lipinski definition) is 1. The summed E-state index contributed by atoms with van der Waals surface area (Å²) in [6.07, 6.45) is 6.24. The number of ketones is 1. The first-order valence-corrected chi connectivity index (χ1v) is 12.5. The molecule has 0 amide bonds. The lowest BCUT2D eigenvalue weighted by Crippen LogP contribution is -2.42. The molecule has 0 aliphatic carbocycles. The fourth-order valence-electron chi connectivity index (χ4n) is 5.09. The summed E-state index contributed by atoms with van der Waals surface area (Å²) in [5.41, 5.74) is 2.82. The Hall–Kier alpha value is -3.61. The molecule has 0 radical (unpaired) electrons. The first-order chi connectivity index (χ1) is 17.7. The Bertz CT molecular complexity index is 1230. The van der Waals surface area contributed by atoms with Gasteiger partial charge >= 0.3 is 0 Å². The second kappa shape index (κ2) is 11.4. The second-order valence-corrected chi connectivity index (χ2v) is 9.40. The molecule has 6 heteroatoms. The SMILES string of the molecule is O=C(C1CCN(CC(O)COc2cccc3ncccc23)CC1)C(c1ccccc1)c1cccnc1. The maximum atomic E-state index is 13.7. The molecule has 4 aromatic rings. The molecule has 1 fully saturated rings. The van der Waals surface area contributed by atoms with E-state index in [1.165, 1.54) is 0 Å². The maximum Gasteiger partial charge on any atom is 0.147 e. The molecule has 184 valence electrons. The second-order valence-electron chi connectivity index (χ2n) is 9.40. The van der Waals surface area contributed by atoms with Crippen molar-refractivity contribution in [3.63, 3.8) is 0 Å². The van der Waals surface area contributed by atoms with E-state index in [9.17, 15) is 9.90 Å². The lowest BCUT2D eigenvalue weighted by molar-refractivity contribution is -0.125. The van der Waals surface area contributed by atoms with Gasteiger partial charge in [0.2, 0.25) is 0 Å². The molecule has 36 heavy (non-hydrogen) atoms. The highest BCUT2D eigenvalue weighted by Gasteiger charge is 2.32. The summed E-state index contributed by atoms with van der Waals surface area (Å²) in [7, 11) is 0. The van der Waals surface area contributed by atoms with Crippen molar-refractivity contribution in [1.29, 1.82) is 0 Å². The summed E-state index contributed by atoms with van der Waals surface area (Å²) in [5, 5.41) is 11.6. The first-order valence-electron chi connectivity index (χ1n) is 12.5. The average Bonchev–Trinajstić information content (AvgIpc) is 2.93. The van der Waals surface area contributed by atoms with Gasteiger partial charge in [0.1, 0.15) is 24.2 Å². The lowest BCUT2D eigenvalue weighted by atomic mass is 9.79. The van der Waals surface area contributed by atoms with Gasteiger partial charge in [0.15, 0.2) is 0 Å². The molecule has 5 rings (SSSR count). The van der Waals surface area contributed by atoms with Crippen LogP contribution < -0.4 is 4.74 Å². The van der Waals surface area contributed by atoms with Crippen molar-refractivity contribution in [2.75, 3.05) is 26.2 Å². The Labute approximate surface area is 211 Å². The van der Waals surface area contributed by atoms with E-state index in [4.69, 9.17) is 4.74 Å². The van der Waals surface area contributed by atoms with Crippen molar-refractivity contribution in [2.24, 2.45) is 5.92 Å². The third-order valence-electron chi connectivity index (χ3n) is 6.93. The van der Waals surface area contributed by atoms with E-state index in [0.29, 0.717) is 6.54 Å². The van der Waals surface area contributed by atoms with Gasteiger partial charge in [-0.05, 0) is 67.4 Å². The van der Waals surface area contributed by atoms with Crippen LogP contribution in [0.4, 0.5) is 0 Å². The number of Topliss-reactive ketones (excluding diaryl/α,β-unsaturated/α-hetero) is 1. The maximum absolute atomic E-state index is 13.7. The highest BCUT2D eigenvalue weighted by atomic mass is 16.5. The standard InChI is InChI=1S/C30H31N3O3/c34-25(21-36-28-12-4-11-27-26(28)10-6-16-32-27)20-33-17-13-23(14-18-33)30(35)29(22-7-2-1-3-8-22)24-9-5-15-31-19-24/h1-12,15-16,19,23,25,29,34H,13-14,17-18,20-21H2. The first kappa shape index (κ1) is 24.1. The van der Waals surface area contributed by atoms with Crippen molar-refractivity contribution in [3.05, 3.63) is 103 Å². The van der Waals surface area contributed by atoms with Crippen LogP contribution in [0.15, 0.2) is 91.4 Å². The zero-order chi connectivity index (χ0) is 24.7. The molecule has 2 unspecified atom stereocenters. The Kier molecular flexibility index (Phi) is 7.64. The van der Waals surface area contributed by atoms with Gasteiger partial charge in [-0.1, -0.05) is 42.5 Å². The minimum atomic E-state index is -0.614. The van der Waals surface area contributed by atoms with Gasteiger partial charge in [0, 0.05) is 36.4 Å². The largest absolute Gasteiger partial charge is 0.490 e. The molecule has 0 spiro atoms. The number of carbonyl (C=O) groups excluding carboxylic acids is 1. The third kappa shape index (κ3) is 5.61. The molecular weight excluding hydrogens is 450 g/mol. The number of pyridine rings is 2. The number of benzene rings is 2. The van der Waals surface area contributed by atoms with Gasteiger partial charge < -0.3 is 14.7 Å². The monoisotopic (exact) mass is 481 g/mol. The van der Waals surface area contributed by atoms with Gasteiger partial charge in [-0.2, -0.15) is 0 Å². The number of fused-ring (bicyclic) bond motifs is 1. The van der Waals surface area contributed by atoms with E-state index in [2.05, 4.69) is 14.9 Å². The van der Waals surface area contributed by atoms with Crippen LogP contribution in [0.2, 0.25) is 0 Å². The zero-order valence-electron chi connectivity index (χ0n) is 20.2. The lowest BCUT2D eigenvalue weighted by Gasteiger charge is -2.34. The van der Waals surface area contributed by atoms with Crippen LogP contribution in [-0.4, -0.2) is 58.1 Å². The third-order valence-corrected chi connectivity index (χ3v) is 6.93. The molecule has 2 aromatic carbocycles. The molecule has 2 aromatic heterocycles.